The number of carbonyl (C=O) groups is 3. The van der Waals surface area contributed by atoms with Gasteiger partial charge in [0.2, 0.25) is 0 Å². The highest BCUT2D eigenvalue weighted by Crippen LogP contribution is 2.16. The molecule has 25 heavy (non-hydrogen) atoms. The lowest BCUT2D eigenvalue weighted by Crippen LogP contribution is -2.46. The third kappa shape index (κ3) is 5.02. The molecule has 2 rings (SSSR count). The van der Waals surface area contributed by atoms with Crippen molar-refractivity contribution in [3.63, 3.8) is 0 Å². The van der Waals surface area contributed by atoms with Gasteiger partial charge in [0.05, 0.1) is 5.56 Å². The zero-order valence-corrected chi connectivity index (χ0v) is 13.8. The van der Waals surface area contributed by atoms with E-state index in [-0.39, 0.29) is 10.6 Å². The molecule has 0 aromatic heterocycles. The molecule has 2 amide bonds. The van der Waals surface area contributed by atoms with Gasteiger partial charge in [0.15, 0.2) is 6.10 Å². The molecule has 6 nitrogen and oxygen atoms in total. The second-order valence-corrected chi connectivity index (χ2v) is 5.42. The molecule has 0 heterocycles. The minimum atomic E-state index is -1.26. The fourth-order valence-corrected chi connectivity index (χ4v) is 1.99. The number of rotatable bonds is 4. The van der Waals surface area contributed by atoms with Crippen molar-refractivity contribution in [2.45, 2.75) is 13.0 Å². The third-order valence-electron chi connectivity index (χ3n) is 3.14. The maximum atomic E-state index is 13.6. The number of amides is 2. The first-order chi connectivity index (χ1) is 11.9. The number of benzene rings is 2. The van der Waals surface area contributed by atoms with Crippen molar-refractivity contribution in [3.05, 3.63) is 70.5 Å². The van der Waals surface area contributed by atoms with Crippen molar-refractivity contribution >= 4 is 29.4 Å². The van der Waals surface area contributed by atoms with E-state index in [0.717, 1.165) is 12.1 Å². The fourth-order valence-electron chi connectivity index (χ4n) is 1.81. The number of halogens is 2. The predicted octanol–water partition coefficient (Wildman–Crippen LogP) is 2.49. The molecule has 0 saturated heterocycles. The van der Waals surface area contributed by atoms with Gasteiger partial charge in [-0.3, -0.25) is 20.4 Å². The third-order valence-corrected chi connectivity index (χ3v) is 3.37. The van der Waals surface area contributed by atoms with Gasteiger partial charge in [0.25, 0.3) is 11.8 Å². The van der Waals surface area contributed by atoms with E-state index in [0.29, 0.717) is 5.56 Å². The lowest BCUT2D eigenvalue weighted by Gasteiger charge is -2.14. The largest absolute Gasteiger partial charge is 0.449 e. The molecule has 0 fully saturated rings. The zero-order chi connectivity index (χ0) is 18.4. The van der Waals surface area contributed by atoms with Crippen molar-refractivity contribution in [1.29, 1.82) is 0 Å². The Morgan fingerprint density at radius 3 is 2.44 bits per heavy atom. The lowest BCUT2D eigenvalue weighted by molar-refractivity contribution is -0.129. The molecule has 0 aliphatic rings. The monoisotopic (exact) mass is 364 g/mol. The van der Waals surface area contributed by atoms with Crippen LogP contribution in [0.1, 0.15) is 27.6 Å². The Kier molecular flexibility index (Phi) is 6.08. The molecule has 0 bridgehead atoms. The van der Waals surface area contributed by atoms with Gasteiger partial charge in [-0.25, -0.2) is 9.18 Å². The topological polar surface area (TPSA) is 84.5 Å². The van der Waals surface area contributed by atoms with E-state index in [1.54, 1.807) is 30.3 Å². The highest BCUT2D eigenvalue weighted by molar-refractivity contribution is 6.30. The number of hydrazine groups is 1. The molecule has 0 unspecified atom stereocenters. The summed E-state index contributed by atoms with van der Waals surface area (Å²) in [6.45, 7) is 1.28. The number of hydrogen-bond donors (Lipinski definition) is 2. The van der Waals surface area contributed by atoms with Gasteiger partial charge < -0.3 is 4.74 Å². The number of hydrogen-bond acceptors (Lipinski definition) is 4. The van der Waals surface area contributed by atoms with Crippen LogP contribution in [0.2, 0.25) is 5.02 Å². The van der Waals surface area contributed by atoms with E-state index in [4.69, 9.17) is 16.3 Å². The molecule has 0 aliphatic heterocycles. The van der Waals surface area contributed by atoms with Gasteiger partial charge in [-0.05, 0) is 37.3 Å². The standard InChI is InChI=1S/C17H14ClFN2O4/c1-10(25-17(24)13-9-12(18)7-8-14(13)19)15(22)20-21-16(23)11-5-3-2-4-6-11/h2-10H,1H3,(H,20,22)(H,21,23)/t10-/m0/s1. The van der Waals surface area contributed by atoms with Crippen molar-refractivity contribution < 1.29 is 23.5 Å². The summed E-state index contributed by atoms with van der Waals surface area (Å²) in [6.07, 6.45) is -1.26. The minimum absolute atomic E-state index is 0.153. The molecule has 2 N–H and O–H groups in total. The summed E-state index contributed by atoms with van der Waals surface area (Å²) in [5.41, 5.74) is 4.27. The summed E-state index contributed by atoms with van der Waals surface area (Å²) < 4.78 is 18.5. The number of carbonyl (C=O) groups excluding carboxylic acids is 3. The Morgan fingerprint density at radius 2 is 1.76 bits per heavy atom. The normalized spacial score (nSPS) is 11.3. The lowest BCUT2D eigenvalue weighted by atomic mass is 10.2. The van der Waals surface area contributed by atoms with E-state index in [2.05, 4.69) is 10.9 Å². The molecule has 1 atom stereocenters. The smallest absolute Gasteiger partial charge is 0.341 e. The first-order valence-corrected chi connectivity index (χ1v) is 7.57. The summed E-state index contributed by atoms with van der Waals surface area (Å²) in [7, 11) is 0. The summed E-state index contributed by atoms with van der Waals surface area (Å²) in [5, 5.41) is 0.153. The Labute approximate surface area is 147 Å². The summed E-state index contributed by atoms with van der Waals surface area (Å²) >= 11 is 5.70. The van der Waals surface area contributed by atoms with Gasteiger partial charge >= 0.3 is 5.97 Å². The molecule has 2 aromatic rings. The van der Waals surface area contributed by atoms with Gasteiger partial charge in [0, 0.05) is 10.6 Å². The van der Waals surface area contributed by atoms with Crippen LogP contribution >= 0.6 is 11.6 Å². The number of nitrogens with one attached hydrogen (secondary N) is 2. The van der Waals surface area contributed by atoms with Gasteiger partial charge in [0.1, 0.15) is 5.82 Å². The Hall–Kier alpha value is -2.93. The molecular formula is C17H14ClFN2O4. The van der Waals surface area contributed by atoms with Crippen LogP contribution in [-0.2, 0) is 9.53 Å². The van der Waals surface area contributed by atoms with E-state index >= 15 is 0 Å². The van der Waals surface area contributed by atoms with Gasteiger partial charge in [-0.15, -0.1) is 0 Å². The van der Waals surface area contributed by atoms with Gasteiger partial charge in [-0.2, -0.15) is 0 Å². The first kappa shape index (κ1) is 18.4. The van der Waals surface area contributed by atoms with Crippen LogP contribution in [0.5, 0.6) is 0 Å². The molecule has 130 valence electrons. The molecular weight excluding hydrogens is 351 g/mol. The Bertz CT molecular complexity index is 798. The minimum Gasteiger partial charge on any atom is -0.449 e. The zero-order valence-electron chi connectivity index (χ0n) is 13.1. The molecule has 0 radical (unpaired) electrons. The van der Waals surface area contributed by atoms with Crippen LogP contribution < -0.4 is 10.9 Å². The van der Waals surface area contributed by atoms with E-state index in [9.17, 15) is 18.8 Å². The second-order valence-electron chi connectivity index (χ2n) is 4.98. The number of esters is 1. The van der Waals surface area contributed by atoms with E-state index < -0.39 is 29.7 Å². The average Bonchev–Trinajstić information content (AvgIpc) is 2.61. The summed E-state index contributed by atoms with van der Waals surface area (Å²) in [5.74, 6) is -3.18. The van der Waals surface area contributed by atoms with Crippen LogP contribution in [0.25, 0.3) is 0 Å². The van der Waals surface area contributed by atoms with E-state index in [1.807, 2.05) is 0 Å². The van der Waals surface area contributed by atoms with Crippen molar-refractivity contribution in [1.82, 2.24) is 10.9 Å². The van der Waals surface area contributed by atoms with Crippen molar-refractivity contribution in [2.24, 2.45) is 0 Å². The Morgan fingerprint density at radius 1 is 1.08 bits per heavy atom. The SMILES string of the molecule is C[C@H](OC(=O)c1cc(Cl)ccc1F)C(=O)NNC(=O)c1ccccc1. The molecule has 0 aliphatic carbocycles. The summed E-state index contributed by atoms with van der Waals surface area (Å²) in [4.78, 5) is 35.6. The molecule has 8 heteroatoms. The highest BCUT2D eigenvalue weighted by Gasteiger charge is 2.22. The predicted molar refractivity (Wildman–Crippen MR) is 88.3 cm³/mol. The van der Waals surface area contributed by atoms with Gasteiger partial charge in [-0.1, -0.05) is 29.8 Å². The van der Waals surface area contributed by atoms with Crippen LogP contribution in [0, 0.1) is 5.82 Å². The second kappa shape index (κ2) is 8.25. The quantitative estimate of drug-likeness (QED) is 0.645. The summed E-state index contributed by atoms with van der Waals surface area (Å²) in [6, 6.07) is 11.6. The number of ether oxygens (including phenoxy) is 1. The molecule has 2 aromatic carbocycles. The van der Waals surface area contributed by atoms with Crippen LogP contribution in [0.15, 0.2) is 48.5 Å². The molecule has 0 spiro atoms. The van der Waals surface area contributed by atoms with Crippen LogP contribution in [0.4, 0.5) is 4.39 Å². The Balaban J connectivity index is 1.90. The van der Waals surface area contributed by atoms with Crippen molar-refractivity contribution in [3.8, 4) is 0 Å². The maximum Gasteiger partial charge on any atom is 0.341 e. The molecule has 0 saturated carbocycles. The first-order valence-electron chi connectivity index (χ1n) is 7.19. The highest BCUT2D eigenvalue weighted by atomic mass is 35.5. The van der Waals surface area contributed by atoms with Crippen molar-refractivity contribution in [2.75, 3.05) is 0 Å². The average molecular weight is 365 g/mol. The van der Waals surface area contributed by atoms with Crippen LogP contribution in [-0.4, -0.2) is 23.9 Å². The van der Waals surface area contributed by atoms with Crippen LogP contribution in [0.3, 0.4) is 0 Å². The van der Waals surface area contributed by atoms with E-state index in [1.165, 1.54) is 13.0 Å². The maximum absolute atomic E-state index is 13.6. The fraction of sp³-hybridized carbons (Fsp3) is 0.118.